The van der Waals surface area contributed by atoms with Gasteiger partial charge in [0.05, 0.1) is 12.7 Å². The van der Waals surface area contributed by atoms with E-state index in [0.717, 1.165) is 17.4 Å². The second kappa shape index (κ2) is 8.41. The number of nitrogens with one attached hydrogen (secondary N) is 1. The van der Waals surface area contributed by atoms with Gasteiger partial charge in [0.2, 0.25) is 22.7 Å². The van der Waals surface area contributed by atoms with E-state index in [4.69, 9.17) is 9.47 Å². The smallest absolute Gasteiger partial charge is 0.231 e. The second-order valence-electron chi connectivity index (χ2n) is 6.30. The third-order valence-corrected chi connectivity index (χ3v) is 5.41. The molecule has 0 bridgehead atoms. The van der Waals surface area contributed by atoms with Crippen LogP contribution in [0.3, 0.4) is 0 Å². The minimum absolute atomic E-state index is 0.141. The number of sulfonamides is 1. The highest BCUT2D eigenvalue weighted by atomic mass is 32.2. The van der Waals surface area contributed by atoms with Gasteiger partial charge < -0.3 is 14.8 Å². The molecule has 1 aliphatic rings. The maximum atomic E-state index is 12.1. The minimum Gasteiger partial charge on any atom is -0.454 e. The SMILES string of the molecule is CS(=O)(=O)N(CCNC(=O)Cc1ccccc1)Cc1ccc2c(c1)OCO2. The first-order chi connectivity index (χ1) is 12.9. The standard InChI is InChI=1S/C19H22N2O5S/c1-27(23,24)21(13-16-7-8-17-18(11-16)26-14-25-17)10-9-20-19(22)12-15-5-3-2-4-6-15/h2-8,11H,9-10,12-14H2,1H3,(H,20,22). The van der Waals surface area contributed by atoms with Crippen LogP contribution in [0.1, 0.15) is 11.1 Å². The second-order valence-corrected chi connectivity index (χ2v) is 8.28. The van der Waals surface area contributed by atoms with E-state index in [2.05, 4.69) is 5.32 Å². The van der Waals surface area contributed by atoms with Gasteiger partial charge in [-0.15, -0.1) is 0 Å². The Balaban J connectivity index is 1.55. The first kappa shape index (κ1) is 19.2. The summed E-state index contributed by atoms with van der Waals surface area (Å²) in [5, 5.41) is 2.77. The zero-order chi connectivity index (χ0) is 19.3. The first-order valence-corrected chi connectivity index (χ1v) is 10.4. The van der Waals surface area contributed by atoms with Crippen molar-refractivity contribution in [2.45, 2.75) is 13.0 Å². The third kappa shape index (κ3) is 5.45. The van der Waals surface area contributed by atoms with Crippen LogP contribution in [0.2, 0.25) is 0 Å². The minimum atomic E-state index is -3.42. The quantitative estimate of drug-likeness (QED) is 0.739. The van der Waals surface area contributed by atoms with Crippen molar-refractivity contribution in [1.29, 1.82) is 0 Å². The molecular formula is C19H22N2O5S. The van der Waals surface area contributed by atoms with Crippen molar-refractivity contribution in [3.8, 4) is 11.5 Å². The number of hydrogen-bond acceptors (Lipinski definition) is 5. The number of rotatable bonds is 8. The number of benzene rings is 2. The summed E-state index contributed by atoms with van der Waals surface area (Å²) in [6, 6.07) is 14.7. The molecule has 2 aromatic rings. The molecule has 0 spiro atoms. The summed E-state index contributed by atoms with van der Waals surface area (Å²) >= 11 is 0. The van der Waals surface area contributed by atoms with Crippen molar-refractivity contribution in [2.75, 3.05) is 26.1 Å². The van der Waals surface area contributed by atoms with Crippen molar-refractivity contribution in [1.82, 2.24) is 9.62 Å². The molecule has 8 heteroatoms. The average Bonchev–Trinajstić information content (AvgIpc) is 3.08. The van der Waals surface area contributed by atoms with E-state index in [1.165, 1.54) is 4.31 Å². The Kier molecular flexibility index (Phi) is 5.98. The van der Waals surface area contributed by atoms with Gasteiger partial charge in [0, 0.05) is 19.6 Å². The molecular weight excluding hydrogens is 368 g/mol. The molecule has 1 aliphatic heterocycles. The molecule has 1 heterocycles. The van der Waals surface area contributed by atoms with E-state index in [0.29, 0.717) is 11.5 Å². The van der Waals surface area contributed by atoms with E-state index in [9.17, 15) is 13.2 Å². The van der Waals surface area contributed by atoms with Gasteiger partial charge in [0.15, 0.2) is 11.5 Å². The molecule has 0 atom stereocenters. The molecule has 27 heavy (non-hydrogen) atoms. The van der Waals surface area contributed by atoms with Crippen molar-refractivity contribution >= 4 is 15.9 Å². The summed E-state index contributed by atoms with van der Waals surface area (Å²) in [6.07, 6.45) is 1.42. The maximum Gasteiger partial charge on any atom is 0.231 e. The van der Waals surface area contributed by atoms with Gasteiger partial charge >= 0.3 is 0 Å². The molecule has 2 aromatic carbocycles. The molecule has 0 saturated heterocycles. The van der Waals surface area contributed by atoms with Crippen molar-refractivity contribution < 1.29 is 22.7 Å². The van der Waals surface area contributed by atoms with Gasteiger partial charge in [-0.1, -0.05) is 36.4 Å². The topological polar surface area (TPSA) is 84.9 Å². The van der Waals surface area contributed by atoms with Crippen molar-refractivity contribution in [3.63, 3.8) is 0 Å². The van der Waals surface area contributed by atoms with Crippen molar-refractivity contribution in [3.05, 3.63) is 59.7 Å². The normalized spacial score (nSPS) is 13.0. The predicted molar refractivity (Wildman–Crippen MR) is 101 cm³/mol. The van der Waals surface area contributed by atoms with Crippen LogP contribution in [0.4, 0.5) is 0 Å². The Morgan fingerprint density at radius 1 is 1.07 bits per heavy atom. The molecule has 0 radical (unpaired) electrons. The van der Waals surface area contributed by atoms with Gasteiger partial charge in [-0.05, 0) is 23.3 Å². The lowest BCUT2D eigenvalue weighted by molar-refractivity contribution is -0.120. The highest BCUT2D eigenvalue weighted by Gasteiger charge is 2.19. The monoisotopic (exact) mass is 390 g/mol. The summed E-state index contributed by atoms with van der Waals surface area (Å²) in [4.78, 5) is 12.0. The Hall–Kier alpha value is -2.58. The van der Waals surface area contributed by atoms with E-state index in [1.807, 2.05) is 30.3 Å². The lowest BCUT2D eigenvalue weighted by atomic mass is 10.1. The van der Waals surface area contributed by atoms with Gasteiger partial charge in [-0.25, -0.2) is 8.42 Å². The molecule has 0 aromatic heterocycles. The van der Waals surface area contributed by atoms with Crippen LogP contribution in [0, 0.1) is 0 Å². The van der Waals surface area contributed by atoms with E-state index < -0.39 is 10.0 Å². The number of fused-ring (bicyclic) bond motifs is 1. The molecule has 1 N–H and O–H groups in total. The number of ether oxygens (including phenoxy) is 2. The lowest BCUT2D eigenvalue weighted by Gasteiger charge is -2.20. The van der Waals surface area contributed by atoms with Crippen LogP contribution >= 0.6 is 0 Å². The average molecular weight is 390 g/mol. The van der Waals surface area contributed by atoms with Crippen LogP contribution in [0.25, 0.3) is 0 Å². The largest absolute Gasteiger partial charge is 0.454 e. The molecule has 144 valence electrons. The number of nitrogens with zero attached hydrogens (tertiary/aromatic N) is 1. The highest BCUT2D eigenvalue weighted by Crippen LogP contribution is 2.32. The fraction of sp³-hybridized carbons (Fsp3) is 0.316. The van der Waals surface area contributed by atoms with Crippen LogP contribution in [-0.4, -0.2) is 44.8 Å². The fourth-order valence-electron chi connectivity index (χ4n) is 2.77. The maximum absolute atomic E-state index is 12.1. The number of amides is 1. The fourth-order valence-corrected chi connectivity index (χ4v) is 3.58. The highest BCUT2D eigenvalue weighted by molar-refractivity contribution is 7.88. The van der Waals surface area contributed by atoms with Gasteiger partial charge in [-0.3, -0.25) is 4.79 Å². The number of hydrogen-bond donors (Lipinski definition) is 1. The zero-order valence-corrected chi connectivity index (χ0v) is 15.9. The van der Waals surface area contributed by atoms with Gasteiger partial charge in [0.1, 0.15) is 0 Å². The Morgan fingerprint density at radius 3 is 2.56 bits per heavy atom. The third-order valence-electron chi connectivity index (χ3n) is 4.16. The summed E-state index contributed by atoms with van der Waals surface area (Å²) < 4.78 is 36.1. The molecule has 0 unspecified atom stereocenters. The summed E-state index contributed by atoms with van der Waals surface area (Å²) in [5.41, 5.74) is 1.70. The van der Waals surface area contributed by atoms with Crippen LogP contribution in [0.5, 0.6) is 11.5 Å². The zero-order valence-electron chi connectivity index (χ0n) is 15.1. The summed E-state index contributed by atoms with van der Waals surface area (Å²) in [7, 11) is -3.42. The molecule has 0 saturated carbocycles. The summed E-state index contributed by atoms with van der Waals surface area (Å²) in [6.45, 7) is 0.795. The van der Waals surface area contributed by atoms with Crippen LogP contribution in [-0.2, 0) is 27.8 Å². The molecule has 0 fully saturated rings. The van der Waals surface area contributed by atoms with Crippen LogP contribution < -0.4 is 14.8 Å². The van der Waals surface area contributed by atoms with Crippen molar-refractivity contribution in [2.24, 2.45) is 0 Å². The lowest BCUT2D eigenvalue weighted by Crippen LogP contribution is -2.38. The molecule has 7 nitrogen and oxygen atoms in total. The molecule has 1 amide bonds. The van der Waals surface area contributed by atoms with Crippen LogP contribution in [0.15, 0.2) is 48.5 Å². The Morgan fingerprint density at radius 2 is 1.81 bits per heavy atom. The molecule has 0 aliphatic carbocycles. The van der Waals surface area contributed by atoms with Gasteiger partial charge in [-0.2, -0.15) is 4.31 Å². The predicted octanol–water partition coefficient (Wildman–Crippen LogP) is 1.54. The van der Waals surface area contributed by atoms with E-state index in [-0.39, 0.29) is 38.8 Å². The van der Waals surface area contributed by atoms with Gasteiger partial charge in [0.25, 0.3) is 0 Å². The molecule has 3 rings (SSSR count). The Labute approximate surface area is 158 Å². The first-order valence-electron chi connectivity index (χ1n) is 8.56. The van der Waals surface area contributed by atoms with E-state index >= 15 is 0 Å². The Bertz CT molecular complexity index is 900. The number of carbonyl (C=O) groups excluding carboxylic acids is 1. The number of carbonyl (C=O) groups is 1. The van der Waals surface area contributed by atoms with E-state index in [1.54, 1.807) is 18.2 Å². The summed E-state index contributed by atoms with van der Waals surface area (Å²) in [5.74, 6) is 1.12.